The monoisotopic (exact) mass is 423 g/mol. The Kier molecular flexibility index (Phi) is 7.37. The summed E-state index contributed by atoms with van der Waals surface area (Å²) in [4.78, 5) is 40.7. The Labute approximate surface area is 179 Å². The van der Waals surface area contributed by atoms with Crippen molar-refractivity contribution in [1.82, 2.24) is 14.9 Å². The van der Waals surface area contributed by atoms with E-state index in [1.165, 1.54) is 4.57 Å². The Morgan fingerprint density at radius 3 is 2.55 bits per heavy atom. The standard InChI is InChI=1S/C23H25N3O5/c1-26-20(25-19-6-4-3-5-18(19)23(26)29)11-12-22(28)31-15-21(27)24-14-13-16-7-9-17(30-2)10-8-16/h3-10H,11-15H2,1-2H3,(H,24,27). The summed E-state index contributed by atoms with van der Waals surface area (Å²) in [6.07, 6.45) is 0.928. The van der Waals surface area contributed by atoms with Crippen LogP contribution >= 0.6 is 0 Å². The number of ether oxygens (including phenoxy) is 2. The zero-order valence-electron chi connectivity index (χ0n) is 17.6. The summed E-state index contributed by atoms with van der Waals surface area (Å²) in [5.74, 6) is 0.383. The molecular formula is C23H25N3O5. The molecule has 0 saturated heterocycles. The molecule has 0 fully saturated rings. The fourth-order valence-corrected chi connectivity index (χ4v) is 3.11. The van der Waals surface area contributed by atoms with Crippen molar-refractivity contribution in [2.45, 2.75) is 19.3 Å². The van der Waals surface area contributed by atoms with E-state index in [4.69, 9.17) is 9.47 Å². The van der Waals surface area contributed by atoms with Gasteiger partial charge in [0.2, 0.25) is 0 Å². The van der Waals surface area contributed by atoms with E-state index >= 15 is 0 Å². The Balaban J connectivity index is 1.41. The number of para-hydroxylation sites is 1. The van der Waals surface area contributed by atoms with Crippen molar-refractivity contribution in [2.75, 3.05) is 20.3 Å². The van der Waals surface area contributed by atoms with Crippen LogP contribution in [0.3, 0.4) is 0 Å². The van der Waals surface area contributed by atoms with Gasteiger partial charge < -0.3 is 14.8 Å². The van der Waals surface area contributed by atoms with Gasteiger partial charge in [0, 0.05) is 20.0 Å². The van der Waals surface area contributed by atoms with Crippen LogP contribution in [-0.4, -0.2) is 41.7 Å². The van der Waals surface area contributed by atoms with Crippen molar-refractivity contribution >= 4 is 22.8 Å². The molecule has 8 heteroatoms. The third-order valence-corrected chi connectivity index (χ3v) is 4.89. The molecule has 1 N–H and O–H groups in total. The van der Waals surface area contributed by atoms with Gasteiger partial charge in [0.05, 0.1) is 24.4 Å². The molecule has 0 aliphatic carbocycles. The van der Waals surface area contributed by atoms with Crippen LogP contribution in [0.1, 0.15) is 17.8 Å². The van der Waals surface area contributed by atoms with Crippen LogP contribution in [-0.2, 0) is 34.2 Å². The average molecular weight is 423 g/mol. The maximum Gasteiger partial charge on any atom is 0.306 e. The van der Waals surface area contributed by atoms with E-state index in [2.05, 4.69) is 10.3 Å². The van der Waals surface area contributed by atoms with Gasteiger partial charge in [-0.25, -0.2) is 4.98 Å². The van der Waals surface area contributed by atoms with Crippen LogP contribution in [0.5, 0.6) is 5.75 Å². The summed E-state index contributed by atoms with van der Waals surface area (Å²) < 4.78 is 11.6. The predicted octanol–water partition coefficient (Wildman–Crippen LogP) is 1.78. The molecule has 3 aromatic rings. The maximum atomic E-state index is 12.4. The molecule has 3 rings (SSSR count). The summed E-state index contributed by atoms with van der Waals surface area (Å²) in [6.45, 7) is 0.0946. The van der Waals surface area contributed by atoms with Crippen LogP contribution in [0, 0.1) is 0 Å². The van der Waals surface area contributed by atoms with Gasteiger partial charge in [-0.15, -0.1) is 0 Å². The van der Waals surface area contributed by atoms with E-state index in [9.17, 15) is 14.4 Å². The number of esters is 1. The summed E-state index contributed by atoms with van der Waals surface area (Å²) in [5.41, 5.74) is 1.49. The minimum absolute atomic E-state index is 0.0255. The zero-order chi connectivity index (χ0) is 22.2. The predicted molar refractivity (Wildman–Crippen MR) is 116 cm³/mol. The molecule has 162 valence electrons. The molecule has 0 spiro atoms. The first kappa shape index (κ1) is 22.0. The third-order valence-electron chi connectivity index (χ3n) is 4.89. The molecule has 0 saturated carbocycles. The van der Waals surface area contributed by atoms with Gasteiger partial charge in [0.1, 0.15) is 11.6 Å². The highest BCUT2D eigenvalue weighted by Crippen LogP contribution is 2.11. The average Bonchev–Trinajstić information content (AvgIpc) is 2.79. The van der Waals surface area contributed by atoms with Crippen LogP contribution in [0.25, 0.3) is 10.9 Å². The van der Waals surface area contributed by atoms with Crippen LogP contribution in [0.15, 0.2) is 53.3 Å². The van der Waals surface area contributed by atoms with E-state index < -0.39 is 5.97 Å². The van der Waals surface area contributed by atoms with Crippen LogP contribution in [0.2, 0.25) is 0 Å². The zero-order valence-corrected chi connectivity index (χ0v) is 17.6. The Morgan fingerprint density at radius 2 is 1.81 bits per heavy atom. The minimum atomic E-state index is -0.521. The Hall–Kier alpha value is -3.68. The third kappa shape index (κ3) is 5.91. The number of hydrogen-bond acceptors (Lipinski definition) is 6. The number of nitrogens with zero attached hydrogens (tertiary/aromatic N) is 2. The summed E-state index contributed by atoms with van der Waals surface area (Å²) in [5, 5.41) is 3.25. The molecule has 0 atom stereocenters. The van der Waals surface area contributed by atoms with Crippen molar-refractivity contribution in [3.8, 4) is 5.75 Å². The van der Waals surface area contributed by atoms with Crippen molar-refractivity contribution in [2.24, 2.45) is 7.05 Å². The topological polar surface area (TPSA) is 99.5 Å². The Morgan fingerprint density at radius 1 is 1.06 bits per heavy atom. The molecule has 0 unspecified atom stereocenters. The fourth-order valence-electron chi connectivity index (χ4n) is 3.11. The maximum absolute atomic E-state index is 12.4. The fraction of sp³-hybridized carbons (Fsp3) is 0.304. The number of carbonyl (C=O) groups is 2. The Bertz CT molecular complexity index is 1120. The van der Waals surface area contributed by atoms with Crippen molar-refractivity contribution in [3.05, 3.63) is 70.3 Å². The number of aromatic nitrogens is 2. The lowest BCUT2D eigenvalue weighted by Gasteiger charge is -2.09. The van der Waals surface area contributed by atoms with Crippen molar-refractivity contribution < 1.29 is 19.1 Å². The lowest BCUT2D eigenvalue weighted by molar-refractivity contribution is -0.148. The molecular weight excluding hydrogens is 398 g/mol. The van der Waals surface area contributed by atoms with Gasteiger partial charge in [-0.2, -0.15) is 0 Å². The molecule has 0 aliphatic rings. The number of hydrogen-bond donors (Lipinski definition) is 1. The second-order valence-corrected chi connectivity index (χ2v) is 7.02. The molecule has 1 aromatic heterocycles. The van der Waals surface area contributed by atoms with Gasteiger partial charge in [-0.1, -0.05) is 24.3 Å². The first-order chi connectivity index (χ1) is 15.0. The number of amides is 1. The quantitative estimate of drug-likeness (QED) is 0.527. The van der Waals surface area contributed by atoms with E-state index in [1.807, 2.05) is 24.3 Å². The summed E-state index contributed by atoms with van der Waals surface area (Å²) in [7, 11) is 3.23. The second kappa shape index (κ2) is 10.4. The van der Waals surface area contributed by atoms with Gasteiger partial charge in [0.25, 0.3) is 11.5 Å². The first-order valence-corrected chi connectivity index (χ1v) is 9.98. The van der Waals surface area contributed by atoms with Crippen LogP contribution < -0.4 is 15.6 Å². The van der Waals surface area contributed by atoms with E-state index in [0.717, 1.165) is 11.3 Å². The van der Waals surface area contributed by atoms with Crippen LogP contribution in [0.4, 0.5) is 0 Å². The molecule has 1 amide bonds. The van der Waals surface area contributed by atoms with E-state index in [0.29, 0.717) is 29.7 Å². The number of carbonyl (C=O) groups excluding carboxylic acids is 2. The smallest absolute Gasteiger partial charge is 0.306 e. The molecule has 0 aliphatic heterocycles. The van der Waals surface area contributed by atoms with Crippen molar-refractivity contribution in [3.63, 3.8) is 0 Å². The highest BCUT2D eigenvalue weighted by atomic mass is 16.5. The first-order valence-electron chi connectivity index (χ1n) is 9.98. The molecule has 0 radical (unpaired) electrons. The number of methoxy groups -OCH3 is 1. The largest absolute Gasteiger partial charge is 0.497 e. The van der Waals surface area contributed by atoms with E-state index in [1.54, 1.807) is 38.4 Å². The lowest BCUT2D eigenvalue weighted by atomic mass is 10.1. The molecule has 0 bridgehead atoms. The summed E-state index contributed by atoms with van der Waals surface area (Å²) in [6, 6.07) is 14.6. The molecule has 1 heterocycles. The second-order valence-electron chi connectivity index (χ2n) is 7.02. The highest BCUT2D eigenvalue weighted by Gasteiger charge is 2.12. The van der Waals surface area contributed by atoms with Gasteiger partial charge in [-0.05, 0) is 36.2 Å². The van der Waals surface area contributed by atoms with Gasteiger partial charge in [0.15, 0.2) is 6.61 Å². The number of aryl methyl sites for hydroxylation is 1. The highest BCUT2D eigenvalue weighted by molar-refractivity contribution is 5.80. The lowest BCUT2D eigenvalue weighted by Crippen LogP contribution is -2.30. The number of fused-ring (bicyclic) bond motifs is 1. The molecule has 8 nitrogen and oxygen atoms in total. The van der Waals surface area contributed by atoms with Gasteiger partial charge in [-0.3, -0.25) is 19.0 Å². The molecule has 2 aromatic carbocycles. The minimum Gasteiger partial charge on any atom is -0.497 e. The SMILES string of the molecule is COc1ccc(CCNC(=O)COC(=O)CCc2nc3ccccc3c(=O)n2C)cc1. The number of nitrogens with one attached hydrogen (secondary N) is 1. The molecule has 31 heavy (non-hydrogen) atoms. The normalized spacial score (nSPS) is 10.6. The van der Waals surface area contributed by atoms with Gasteiger partial charge >= 0.3 is 5.97 Å². The van der Waals surface area contributed by atoms with Crippen molar-refractivity contribution in [1.29, 1.82) is 0 Å². The number of rotatable bonds is 9. The van der Waals surface area contributed by atoms with E-state index in [-0.39, 0.29) is 30.9 Å². The number of benzene rings is 2. The summed E-state index contributed by atoms with van der Waals surface area (Å²) >= 11 is 0.